The van der Waals surface area contributed by atoms with Crippen LogP contribution in [0.15, 0.2) is 0 Å². The third-order valence-corrected chi connectivity index (χ3v) is 4.01. The fourth-order valence-corrected chi connectivity index (χ4v) is 3.32. The number of thiazole rings is 1. The SMILES string of the molecule is CCCNC1CCCc2sc(COC)nc21. The molecule has 1 heterocycles. The van der Waals surface area contributed by atoms with E-state index in [1.807, 2.05) is 11.3 Å². The van der Waals surface area contributed by atoms with Crippen LogP contribution in [-0.2, 0) is 17.8 Å². The largest absolute Gasteiger partial charge is 0.378 e. The Morgan fingerprint density at radius 2 is 2.44 bits per heavy atom. The van der Waals surface area contributed by atoms with Crippen molar-refractivity contribution in [2.75, 3.05) is 13.7 Å². The molecule has 1 aromatic rings. The van der Waals surface area contributed by atoms with Crippen molar-refractivity contribution in [1.82, 2.24) is 10.3 Å². The highest BCUT2D eigenvalue weighted by atomic mass is 32.1. The molecule has 0 aliphatic heterocycles. The molecule has 16 heavy (non-hydrogen) atoms. The molecule has 1 atom stereocenters. The molecule has 0 bridgehead atoms. The van der Waals surface area contributed by atoms with Crippen molar-refractivity contribution in [3.63, 3.8) is 0 Å². The van der Waals surface area contributed by atoms with Gasteiger partial charge in [-0.2, -0.15) is 0 Å². The van der Waals surface area contributed by atoms with Crippen molar-refractivity contribution in [2.45, 2.75) is 45.3 Å². The van der Waals surface area contributed by atoms with E-state index < -0.39 is 0 Å². The Morgan fingerprint density at radius 3 is 3.19 bits per heavy atom. The molecule has 1 N–H and O–H groups in total. The van der Waals surface area contributed by atoms with Crippen molar-refractivity contribution < 1.29 is 4.74 Å². The van der Waals surface area contributed by atoms with Gasteiger partial charge in [-0.05, 0) is 32.2 Å². The van der Waals surface area contributed by atoms with Crippen LogP contribution >= 0.6 is 11.3 Å². The Bertz CT molecular complexity index is 338. The maximum absolute atomic E-state index is 5.15. The van der Waals surface area contributed by atoms with Gasteiger partial charge in [-0.1, -0.05) is 6.92 Å². The van der Waals surface area contributed by atoms with Crippen molar-refractivity contribution in [3.05, 3.63) is 15.6 Å². The summed E-state index contributed by atoms with van der Waals surface area (Å²) in [5.41, 5.74) is 1.29. The van der Waals surface area contributed by atoms with Gasteiger partial charge in [0.1, 0.15) is 5.01 Å². The molecule has 1 unspecified atom stereocenters. The molecular weight excluding hydrogens is 220 g/mol. The molecule has 1 aromatic heterocycles. The van der Waals surface area contributed by atoms with E-state index in [1.165, 1.54) is 36.3 Å². The lowest BCUT2D eigenvalue weighted by Gasteiger charge is -2.22. The van der Waals surface area contributed by atoms with E-state index in [4.69, 9.17) is 9.72 Å². The van der Waals surface area contributed by atoms with Crippen LogP contribution in [0.1, 0.15) is 47.8 Å². The van der Waals surface area contributed by atoms with Crippen LogP contribution in [0.3, 0.4) is 0 Å². The first-order valence-corrected chi connectivity index (χ1v) is 6.87. The Kier molecular flexibility index (Phi) is 4.32. The highest BCUT2D eigenvalue weighted by Crippen LogP contribution is 2.33. The first-order valence-electron chi connectivity index (χ1n) is 6.06. The standard InChI is InChI=1S/C12H20N2OS/c1-3-7-13-9-5-4-6-10-12(9)14-11(16-10)8-15-2/h9,13H,3-8H2,1-2H3. The fourth-order valence-electron chi connectivity index (χ4n) is 2.17. The summed E-state index contributed by atoms with van der Waals surface area (Å²) in [6.07, 6.45) is 4.88. The Balaban J connectivity index is 2.10. The van der Waals surface area contributed by atoms with Crippen LogP contribution in [0.4, 0.5) is 0 Å². The first-order chi connectivity index (χ1) is 7.85. The number of fused-ring (bicyclic) bond motifs is 1. The highest BCUT2D eigenvalue weighted by Gasteiger charge is 2.23. The minimum Gasteiger partial charge on any atom is -0.378 e. The molecular formula is C12H20N2OS. The number of aryl methyl sites for hydroxylation is 1. The average molecular weight is 240 g/mol. The molecule has 0 aromatic carbocycles. The van der Waals surface area contributed by atoms with Crippen molar-refractivity contribution in [3.8, 4) is 0 Å². The van der Waals surface area contributed by atoms with Crippen LogP contribution in [0.25, 0.3) is 0 Å². The van der Waals surface area contributed by atoms with Gasteiger partial charge in [-0.3, -0.25) is 0 Å². The summed E-state index contributed by atoms with van der Waals surface area (Å²) in [7, 11) is 1.73. The van der Waals surface area contributed by atoms with Gasteiger partial charge < -0.3 is 10.1 Å². The maximum Gasteiger partial charge on any atom is 0.119 e. The van der Waals surface area contributed by atoms with E-state index in [0.29, 0.717) is 12.6 Å². The number of nitrogens with one attached hydrogen (secondary N) is 1. The van der Waals surface area contributed by atoms with Crippen LogP contribution in [0.5, 0.6) is 0 Å². The van der Waals surface area contributed by atoms with Gasteiger partial charge in [0.15, 0.2) is 0 Å². The monoisotopic (exact) mass is 240 g/mol. The van der Waals surface area contributed by atoms with Gasteiger partial charge in [-0.15, -0.1) is 11.3 Å². The molecule has 3 nitrogen and oxygen atoms in total. The van der Waals surface area contributed by atoms with Gasteiger partial charge in [-0.25, -0.2) is 4.98 Å². The Hall–Kier alpha value is -0.450. The molecule has 0 fully saturated rings. The minimum atomic E-state index is 0.477. The molecule has 0 spiro atoms. The quantitative estimate of drug-likeness (QED) is 0.859. The molecule has 4 heteroatoms. The minimum absolute atomic E-state index is 0.477. The van der Waals surface area contributed by atoms with E-state index >= 15 is 0 Å². The number of rotatable bonds is 5. The topological polar surface area (TPSA) is 34.1 Å². The predicted molar refractivity (Wildman–Crippen MR) is 66.8 cm³/mol. The second-order valence-electron chi connectivity index (χ2n) is 4.25. The number of hydrogen-bond donors (Lipinski definition) is 1. The number of ether oxygens (including phenoxy) is 1. The van der Waals surface area contributed by atoms with Gasteiger partial charge in [0, 0.05) is 12.0 Å². The summed E-state index contributed by atoms with van der Waals surface area (Å²) < 4.78 is 5.15. The van der Waals surface area contributed by atoms with Crippen LogP contribution < -0.4 is 5.32 Å². The normalized spacial score (nSPS) is 19.8. The van der Waals surface area contributed by atoms with Crippen LogP contribution in [0, 0.1) is 0 Å². The van der Waals surface area contributed by atoms with Crippen molar-refractivity contribution >= 4 is 11.3 Å². The molecule has 2 rings (SSSR count). The van der Waals surface area contributed by atoms with Gasteiger partial charge in [0.25, 0.3) is 0 Å². The summed E-state index contributed by atoms with van der Waals surface area (Å²) in [4.78, 5) is 6.17. The molecule has 90 valence electrons. The van der Waals surface area contributed by atoms with Gasteiger partial charge in [0.2, 0.25) is 0 Å². The lowest BCUT2D eigenvalue weighted by atomic mass is 9.97. The van der Waals surface area contributed by atoms with Crippen molar-refractivity contribution in [2.24, 2.45) is 0 Å². The van der Waals surface area contributed by atoms with Gasteiger partial charge in [0.05, 0.1) is 18.3 Å². The predicted octanol–water partition coefficient (Wildman–Crippen LogP) is 2.67. The lowest BCUT2D eigenvalue weighted by Crippen LogP contribution is -2.25. The summed E-state index contributed by atoms with van der Waals surface area (Å²) in [6, 6.07) is 0.477. The smallest absolute Gasteiger partial charge is 0.119 e. The van der Waals surface area contributed by atoms with E-state index in [1.54, 1.807) is 7.11 Å². The maximum atomic E-state index is 5.15. The summed E-state index contributed by atoms with van der Waals surface area (Å²) in [5, 5.41) is 4.71. The van der Waals surface area contributed by atoms with E-state index in [-0.39, 0.29) is 0 Å². The van der Waals surface area contributed by atoms with E-state index in [0.717, 1.165) is 11.6 Å². The molecule has 0 saturated heterocycles. The number of nitrogens with zero attached hydrogens (tertiary/aromatic N) is 1. The zero-order valence-corrected chi connectivity index (χ0v) is 10.9. The number of aromatic nitrogens is 1. The Morgan fingerprint density at radius 1 is 1.56 bits per heavy atom. The zero-order chi connectivity index (χ0) is 11.4. The van der Waals surface area contributed by atoms with Crippen LogP contribution in [0.2, 0.25) is 0 Å². The van der Waals surface area contributed by atoms with E-state index in [2.05, 4.69) is 12.2 Å². The molecule has 1 aliphatic rings. The summed E-state index contributed by atoms with van der Waals surface area (Å²) in [5.74, 6) is 0. The van der Waals surface area contributed by atoms with Crippen LogP contribution in [-0.4, -0.2) is 18.6 Å². The van der Waals surface area contributed by atoms with Crippen molar-refractivity contribution in [1.29, 1.82) is 0 Å². The molecule has 1 aliphatic carbocycles. The number of methoxy groups -OCH3 is 1. The highest BCUT2D eigenvalue weighted by molar-refractivity contribution is 7.11. The molecule has 0 amide bonds. The Labute approximate surface area is 101 Å². The second kappa shape index (κ2) is 5.75. The average Bonchev–Trinajstić information content (AvgIpc) is 2.69. The summed E-state index contributed by atoms with van der Waals surface area (Å²) in [6.45, 7) is 3.94. The first kappa shape index (κ1) is 12.0. The second-order valence-corrected chi connectivity index (χ2v) is 5.42. The lowest BCUT2D eigenvalue weighted by molar-refractivity contribution is 0.184. The summed E-state index contributed by atoms with van der Waals surface area (Å²) >= 11 is 1.82. The third kappa shape index (κ3) is 2.62. The molecule has 0 saturated carbocycles. The third-order valence-electron chi connectivity index (χ3n) is 2.91. The number of hydrogen-bond acceptors (Lipinski definition) is 4. The molecule has 0 radical (unpaired) electrons. The van der Waals surface area contributed by atoms with E-state index in [9.17, 15) is 0 Å². The van der Waals surface area contributed by atoms with Gasteiger partial charge >= 0.3 is 0 Å². The zero-order valence-electron chi connectivity index (χ0n) is 10.1. The fraction of sp³-hybridized carbons (Fsp3) is 0.750.